The largest absolute Gasteiger partial charge is 0.343 e. The van der Waals surface area contributed by atoms with Crippen LogP contribution in [-0.2, 0) is 0 Å². The molecule has 0 radical (unpaired) electrons. The number of nitrogens with zero attached hydrogens (tertiary/aromatic N) is 1. The second-order valence-electron chi connectivity index (χ2n) is 5.37. The van der Waals surface area contributed by atoms with E-state index in [4.69, 9.17) is 11.6 Å². The molecule has 0 atom stereocenters. The van der Waals surface area contributed by atoms with Crippen molar-refractivity contribution in [3.05, 3.63) is 94.4 Å². The van der Waals surface area contributed by atoms with Gasteiger partial charge < -0.3 is 4.90 Å². The van der Waals surface area contributed by atoms with Crippen LogP contribution in [0.4, 0.5) is 13.2 Å². The highest BCUT2D eigenvalue weighted by atomic mass is 35.5. The molecule has 2 aromatic carbocycles. The Labute approximate surface area is 143 Å². The summed E-state index contributed by atoms with van der Waals surface area (Å²) in [6.45, 7) is 3.83. The van der Waals surface area contributed by atoms with Crippen molar-refractivity contribution < 1.29 is 13.2 Å². The summed E-state index contributed by atoms with van der Waals surface area (Å²) < 4.78 is 42.0. The quantitative estimate of drug-likeness (QED) is 0.688. The first-order valence-corrected chi connectivity index (χ1v) is 7.52. The van der Waals surface area contributed by atoms with Gasteiger partial charge in [0, 0.05) is 24.8 Å². The molecule has 24 heavy (non-hydrogen) atoms. The normalized spacial score (nSPS) is 15.0. The predicted octanol–water partition coefficient (Wildman–Crippen LogP) is 5.55. The molecule has 0 spiro atoms. The van der Waals surface area contributed by atoms with Crippen molar-refractivity contribution in [2.75, 3.05) is 7.05 Å². The molecule has 0 saturated heterocycles. The topological polar surface area (TPSA) is 3.24 Å². The van der Waals surface area contributed by atoms with Crippen LogP contribution in [0.25, 0.3) is 11.3 Å². The molecule has 0 bridgehead atoms. The van der Waals surface area contributed by atoms with Crippen LogP contribution in [0.2, 0.25) is 0 Å². The van der Waals surface area contributed by atoms with E-state index in [2.05, 4.69) is 6.58 Å². The van der Waals surface area contributed by atoms with Gasteiger partial charge in [0.25, 0.3) is 0 Å². The Morgan fingerprint density at radius 1 is 1.00 bits per heavy atom. The average molecular weight is 348 g/mol. The summed E-state index contributed by atoms with van der Waals surface area (Å²) in [5, 5.41) is 0.364. The molecule has 0 fully saturated rings. The minimum atomic E-state index is -0.984. The molecule has 5 heteroatoms. The summed E-state index contributed by atoms with van der Waals surface area (Å²) in [6, 6.07) is 10.4. The van der Waals surface area contributed by atoms with Crippen LogP contribution in [0.1, 0.15) is 11.1 Å². The zero-order valence-electron chi connectivity index (χ0n) is 12.8. The van der Waals surface area contributed by atoms with Gasteiger partial charge in [0.1, 0.15) is 17.5 Å². The molecular weight excluding hydrogens is 335 g/mol. The molecule has 0 aromatic heterocycles. The van der Waals surface area contributed by atoms with Gasteiger partial charge in [0.15, 0.2) is 0 Å². The van der Waals surface area contributed by atoms with Gasteiger partial charge in [-0.3, -0.25) is 0 Å². The SMILES string of the molecule is C=C1C(Cl)=CC(c2ccccc2)=C(c2c(F)cc(F)cc2F)N1C. The Kier molecular flexibility index (Phi) is 4.24. The van der Waals surface area contributed by atoms with Gasteiger partial charge in [-0.05, 0) is 11.6 Å². The van der Waals surface area contributed by atoms with Crippen molar-refractivity contribution in [2.24, 2.45) is 0 Å². The van der Waals surface area contributed by atoms with Crippen molar-refractivity contribution in [3.8, 4) is 0 Å². The number of benzene rings is 2. The van der Waals surface area contributed by atoms with Crippen LogP contribution in [0.15, 0.2) is 65.8 Å². The number of allylic oxidation sites excluding steroid dienone is 3. The van der Waals surface area contributed by atoms with Crippen molar-refractivity contribution in [1.29, 1.82) is 0 Å². The molecule has 1 aliphatic heterocycles. The summed E-state index contributed by atoms with van der Waals surface area (Å²) in [6.07, 6.45) is 1.61. The average Bonchev–Trinajstić information content (AvgIpc) is 2.54. The van der Waals surface area contributed by atoms with Gasteiger partial charge in [0.05, 0.1) is 22.0 Å². The van der Waals surface area contributed by atoms with E-state index in [1.807, 2.05) is 18.2 Å². The number of halogens is 4. The highest BCUT2D eigenvalue weighted by Gasteiger charge is 2.27. The number of hydrogen-bond acceptors (Lipinski definition) is 1. The van der Waals surface area contributed by atoms with Gasteiger partial charge >= 0.3 is 0 Å². The third-order valence-electron chi connectivity index (χ3n) is 3.87. The molecule has 0 amide bonds. The third kappa shape index (κ3) is 2.74. The summed E-state index contributed by atoms with van der Waals surface area (Å²) in [7, 11) is 1.61. The monoisotopic (exact) mass is 347 g/mol. The number of rotatable bonds is 2. The van der Waals surface area contributed by atoms with Gasteiger partial charge in [-0.15, -0.1) is 0 Å². The molecule has 0 aliphatic carbocycles. The lowest BCUT2D eigenvalue weighted by molar-refractivity contribution is 0.524. The van der Waals surface area contributed by atoms with E-state index < -0.39 is 17.5 Å². The zero-order chi connectivity index (χ0) is 17.4. The van der Waals surface area contributed by atoms with E-state index in [1.54, 1.807) is 25.3 Å². The molecule has 0 unspecified atom stereocenters. The molecule has 2 aromatic rings. The number of hydrogen-bond donors (Lipinski definition) is 0. The third-order valence-corrected chi connectivity index (χ3v) is 4.20. The summed E-state index contributed by atoms with van der Waals surface area (Å²) >= 11 is 6.20. The summed E-state index contributed by atoms with van der Waals surface area (Å²) in [4.78, 5) is 1.50. The Bertz CT molecular complexity index is 862. The lowest BCUT2D eigenvalue weighted by Gasteiger charge is -2.31. The minimum absolute atomic E-state index is 0.241. The molecular formula is C19H13ClF3N. The number of likely N-dealkylation sites (N-methyl/N-ethyl adjacent to an activating group) is 1. The molecule has 0 N–H and O–H groups in total. The van der Waals surface area contributed by atoms with E-state index in [9.17, 15) is 13.2 Å². The first-order chi connectivity index (χ1) is 11.4. The molecule has 122 valence electrons. The van der Waals surface area contributed by atoms with E-state index in [1.165, 1.54) is 4.90 Å². The van der Waals surface area contributed by atoms with E-state index in [-0.39, 0.29) is 11.3 Å². The molecule has 3 rings (SSSR count). The molecule has 1 heterocycles. The van der Waals surface area contributed by atoms with Crippen molar-refractivity contribution in [2.45, 2.75) is 0 Å². The maximum atomic E-state index is 14.4. The maximum absolute atomic E-state index is 14.4. The smallest absolute Gasteiger partial charge is 0.138 e. The van der Waals surface area contributed by atoms with Crippen molar-refractivity contribution in [1.82, 2.24) is 4.90 Å². The summed E-state index contributed by atoms with van der Waals surface area (Å²) in [5.74, 6) is -2.94. The Balaban J connectivity index is 2.36. The van der Waals surface area contributed by atoms with Crippen LogP contribution < -0.4 is 0 Å². The van der Waals surface area contributed by atoms with Crippen LogP contribution in [0, 0.1) is 17.5 Å². The Morgan fingerprint density at radius 3 is 2.17 bits per heavy atom. The predicted molar refractivity (Wildman–Crippen MR) is 90.4 cm³/mol. The second-order valence-corrected chi connectivity index (χ2v) is 5.78. The van der Waals surface area contributed by atoms with E-state index >= 15 is 0 Å². The van der Waals surface area contributed by atoms with E-state index in [0.29, 0.717) is 28.4 Å². The first kappa shape index (κ1) is 16.4. The van der Waals surface area contributed by atoms with Gasteiger partial charge in [-0.2, -0.15) is 0 Å². The van der Waals surface area contributed by atoms with Crippen molar-refractivity contribution in [3.63, 3.8) is 0 Å². The van der Waals surface area contributed by atoms with Gasteiger partial charge in [0.2, 0.25) is 0 Å². The molecule has 0 saturated carbocycles. The fourth-order valence-corrected chi connectivity index (χ4v) is 2.90. The minimum Gasteiger partial charge on any atom is -0.343 e. The highest BCUT2D eigenvalue weighted by molar-refractivity contribution is 6.33. The van der Waals surface area contributed by atoms with Crippen molar-refractivity contribution >= 4 is 22.9 Å². The summed E-state index contributed by atoms with van der Waals surface area (Å²) in [5.41, 5.74) is 1.58. The van der Waals surface area contributed by atoms with E-state index in [0.717, 1.165) is 5.56 Å². The molecule has 1 aliphatic rings. The standard InChI is InChI=1S/C19H13ClF3N/c1-11-15(20)10-14(12-6-4-3-5-7-12)19(24(11)2)18-16(22)8-13(21)9-17(18)23/h3-10H,1H2,2H3. The van der Waals surface area contributed by atoms with Crippen LogP contribution >= 0.6 is 11.6 Å². The van der Waals surface area contributed by atoms with Crippen LogP contribution in [0.5, 0.6) is 0 Å². The maximum Gasteiger partial charge on any atom is 0.138 e. The Hall–Kier alpha value is -2.46. The van der Waals surface area contributed by atoms with Gasteiger partial charge in [-0.25, -0.2) is 13.2 Å². The molecule has 1 nitrogen and oxygen atoms in total. The highest BCUT2D eigenvalue weighted by Crippen LogP contribution is 2.41. The fraction of sp³-hybridized carbons (Fsp3) is 0.0526. The lowest BCUT2D eigenvalue weighted by atomic mass is 9.94. The lowest BCUT2D eigenvalue weighted by Crippen LogP contribution is -2.22. The Morgan fingerprint density at radius 2 is 1.58 bits per heavy atom. The van der Waals surface area contributed by atoms with Crippen LogP contribution in [-0.4, -0.2) is 11.9 Å². The first-order valence-electron chi connectivity index (χ1n) is 7.15. The van der Waals surface area contributed by atoms with Crippen LogP contribution in [0.3, 0.4) is 0 Å². The van der Waals surface area contributed by atoms with Gasteiger partial charge in [-0.1, -0.05) is 48.5 Å². The fourth-order valence-electron chi connectivity index (χ4n) is 2.66. The zero-order valence-corrected chi connectivity index (χ0v) is 13.5. The second kappa shape index (κ2) is 6.21.